The normalized spacial score (nSPS) is 14.7. The maximum absolute atomic E-state index is 5.87. The summed E-state index contributed by atoms with van der Waals surface area (Å²) >= 11 is 5.60. The zero-order valence-electron chi connectivity index (χ0n) is 17.4. The number of nitrogens with zero attached hydrogens (tertiary/aromatic N) is 5. The lowest BCUT2D eigenvalue weighted by atomic mass is 10.2. The van der Waals surface area contributed by atoms with Crippen molar-refractivity contribution in [2.45, 2.75) is 13.3 Å². The van der Waals surface area contributed by atoms with Crippen LogP contribution in [0.4, 0.5) is 5.69 Å². The van der Waals surface area contributed by atoms with E-state index in [-0.39, 0.29) is 0 Å². The van der Waals surface area contributed by atoms with Gasteiger partial charge < -0.3 is 18.9 Å². The molecular weight excluding hydrogens is 398 g/mol. The molecule has 158 valence electrons. The highest BCUT2D eigenvalue weighted by Crippen LogP contribution is 2.18. The Bertz CT molecular complexity index is 1010. The maximum atomic E-state index is 5.87. The summed E-state index contributed by atoms with van der Waals surface area (Å²) in [5.41, 5.74) is 1.28. The highest BCUT2D eigenvalue weighted by molar-refractivity contribution is 7.71. The molecule has 1 aromatic heterocycles. The summed E-state index contributed by atoms with van der Waals surface area (Å²) in [6.45, 7) is 5.00. The second-order valence-corrected chi connectivity index (χ2v) is 7.67. The zero-order chi connectivity index (χ0) is 20.9. The van der Waals surface area contributed by atoms with Gasteiger partial charge in [0.1, 0.15) is 18.1 Å². The third-order valence-electron chi connectivity index (χ3n) is 5.39. The van der Waals surface area contributed by atoms with Crippen molar-refractivity contribution in [2.24, 2.45) is 7.05 Å². The fraction of sp³-hybridized carbons (Fsp3) is 0.364. The molecule has 2 heterocycles. The van der Waals surface area contributed by atoms with Gasteiger partial charge in [-0.2, -0.15) is 5.10 Å². The second kappa shape index (κ2) is 9.32. The van der Waals surface area contributed by atoms with E-state index in [4.69, 9.17) is 26.8 Å². The van der Waals surface area contributed by atoms with E-state index in [1.54, 1.807) is 7.11 Å². The molecule has 30 heavy (non-hydrogen) atoms. The summed E-state index contributed by atoms with van der Waals surface area (Å²) in [4.78, 5) is 4.80. The van der Waals surface area contributed by atoms with E-state index in [9.17, 15) is 0 Å². The molecular formula is C22H27N5O2S. The summed E-state index contributed by atoms with van der Waals surface area (Å²) in [5.74, 6) is 2.38. The summed E-state index contributed by atoms with van der Waals surface area (Å²) in [7, 11) is 3.58. The number of hydrogen-bond acceptors (Lipinski definition) is 6. The van der Waals surface area contributed by atoms with Crippen LogP contribution in [0.2, 0.25) is 0 Å². The van der Waals surface area contributed by atoms with Gasteiger partial charge in [-0.25, -0.2) is 4.68 Å². The number of anilines is 1. The predicted molar refractivity (Wildman–Crippen MR) is 120 cm³/mol. The van der Waals surface area contributed by atoms with Crippen LogP contribution < -0.4 is 14.4 Å². The third-order valence-corrected chi connectivity index (χ3v) is 5.87. The molecule has 1 fully saturated rings. The van der Waals surface area contributed by atoms with Crippen LogP contribution in [0.1, 0.15) is 5.82 Å². The van der Waals surface area contributed by atoms with E-state index < -0.39 is 0 Å². The van der Waals surface area contributed by atoms with Crippen LogP contribution in [0.25, 0.3) is 0 Å². The van der Waals surface area contributed by atoms with E-state index in [1.165, 1.54) is 5.69 Å². The van der Waals surface area contributed by atoms with Gasteiger partial charge in [0.05, 0.1) is 13.8 Å². The molecule has 0 unspecified atom stereocenters. The first kappa shape index (κ1) is 20.4. The molecule has 0 bridgehead atoms. The van der Waals surface area contributed by atoms with Crippen molar-refractivity contribution in [3.05, 3.63) is 65.2 Å². The quantitative estimate of drug-likeness (QED) is 0.541. The predicted octanol–water partition coefficient (Wildman–Crippen LogP) is 3.32. The Morgan fingerprint density at radius 2 is 1.60 bits per heavy atom. The number of para-hydroxylation sites is 1. The summed E-state index contributed by atoms with van der Waals surface area (Å²) in [6, 6.07) is 18.1. The molecule has 0 spiro atoms. The topological polar surface area (TPSA) is 47.7 Å². The van der Waals surface area contributed by atoms with E-state index in [0.29, 0.717) is 18.0 Å². The summed E-state index contributed by atoms with van der Waals surface area (Å²) < 4.78 is 15.6. The Morgan fingerprint density at radius 1 is 0.933 bits per heavy atom. The lowest BCUT2D eigenvalue weighted by Gasteiger charge is -2.35. The molecule has 0 radical (unpaired) electrons. The van der Waals surface area contributed by atoms with Gasteiger partial charge in [0, 0.05) is 38.9 Å². The fourth-order valence-corrected chi connectivity index (χ4v) is 3.75. The van der Waals surface area contributed by atoms with Crippen LogP contribution in [-0.4, -0.2) is 52.5 Å². The Balaban J connectivity index is 1.34. The average Bonchev–Trinajstić information content (AvgIpc) is 3.07. The number of piperazine rings is 1. The largest absolute Gasteiger partial charge is 0.497 e. The number of benzene rings is 2. The number of hydrogen-bond donors (Lipinski definition) is 0. The molecule has 2 aromatic carbocycles. The first-order valence-corrected chi connectivity index (χ1v) is 10.5. The Kier molecular flexibility index (Phi) is 6.35. The fourth-order valence-electron chi connectivity index (χ4n) is 3.55. The highest BCUT2D eigenvalue weighted by Gasteiger charge is 2.19. The number of methoxy groups -OCH3 is 1. The molecule has 7 nitrogen and oxygen atoms in total. The molecule has 0 saturated carbocycles. The molecule has 0 amide bonds. The van der Waals surface area contributed by atoms with Crippen molar-refractivity contribution < 1.29 is 9.47 Å². The van der Waals surface area contributed by atoms with Crippen LogP contribution in [0.5, 0.6) is 11.5 Å². The summed E-state index contributed by atoms with van der Waals surface area (Å²) in [5, 5.41) is 4.70. The first-order valence-electron chi connectivity index (χ1n) is 10.1. The second-order valence-electron chi connectivity index (χ2n) is 7.30. The van der Waals surface area contributed by atoms with Crippen LogP contribution >= 0.6 is 12.2 Å². The van der Waals surface area contributed by atoms with Gasteiger partial charge in [0.15, 0.2) is 10.6 Å². The Morgan fingerprint density at radius 3 is 2.27 bits per heavy atom. The van der Waals surface area contributed by atoms with Crippen molar-refractivity contribution in [2.75, 3.05) is 38.2 Å². The number of rotatable bonds is 7. The van der Waals surface area contributed by atoms with Gasteiger partial charge in [-0.15, -0.1) is 0 Å². The van der Waals surface area contributed by atoms with Crippen molar-refractivity contribution in [1.82, 2.24) is 19.2 Å². The highest BCUT2D eigenvalue weighted by atomic mass is 32.1. The monoisotopic (exact) mass is 425 g/mol. The van der Waals surface area contributed by atoms with Crippen molar-refractivity contribution in [3.8, 4) is 11.5 Å². The van der Waals surface area contributed by atoms with Crippen LogP contribution in [0.3, 0.4) is 0 Å². The number of ether oxygens (including phenoxy) is 2. The lowest BCUT2D eigenvalue weighted by molar-refractivity contribution is 0.193. The molecule has 0 aliphatic carbocycles. The molecule has 0 atom stereocenters. The Hall–Kier alpha value is -2.84. The van der Waals surface area contributed by atoms with Crippen molar-refractivity contribution >= 4 is 17.9 Å². The smallest absolute Gasteiger partial charge is 0.198 e. The SMILES string of the molecule is COc1ccc(OCc2nn(CN3CCN(c4ccccc4)CC3)c(=S)n2C)cc1. The van der Waals surface area contributed by atoms with E-state index in [1.807, 2.05) is 40.6 Å². The first-order chi connectivity index (χ1) is 14.6. The minimum absolute atomic E-state index is 0.362. The van der Waals surface area contributed by atoms with Crippen LogP contribution in [0, 0.1) is 4.77 Å². The van der Waals surface area contributed by atoms with Gasteiger partial charge in [-0.1, -0.05) is 18.2 Å². The van der Waals surface area contributed by atoms with Crippen molar-refractivity contribution in [3.63, 3.8) is 0 Å². The van der Waals surface area contributed by atoms with Crippen LogP contribution in [0.15, 0.2) is 54.6 Å². The standard InChI is InChI=1S/C22H27N5O2S/c1-24-21(16-29-20-10-8-19(28-2)9-11-20)23-27(22(24)30)17-25-12-14-26(15-13-25)18-6-4-3-5-7-18/h3-11H,12-17H2,1-2H3. The molecule has 1 aliphatic rings. The molecule has 8 heteroatoms. The molecule has 0 N–H and O–H groups in total. The Labute approximate surface area is 182 Å². The molecule has 1 aliphatic heterocycles. The van der Waals surface area contributed by atoms with Gasteiger partial charge >= 0.3 is 0 Å². The van der Waals surface area contributed by atoms with Gasteiger partial charge in [0.2, 0.25) is 0 Å². The van der Waals surface area contributed by atoms with E-state index >= 15 is 0 Å². The van der Waals surface area contributed by atoms with E-state index in [0.717, 1.165) is 43.5 Å². The molecule has 1 saturated heterocycles. The molecule has 3 aromatic rings. The summed E-state index contributed by atoms with van der Waals surface area (Å²) in [6.07, 6.45) is 0. The van der Waals surface area contributed by atoms with Gasteiger partial charge in [-0.05, 0) is 48.6 Å². The lowest BCUT2D eigenvalue weighted by Crippen LogP contribution is -2.47. The maximum Gasteiger partial charge on any atom is 0.198 e. The van der Waals surface area contributed by atoms with E-state index in [2.05, 4.69) is 40.1 Å². The zero-order valence-corrected chi connectivity index (χ0v) is 18.2. The minimum atomic E-state index is 0.362. The minimum Gasteiger partial charge on any atom is -0.497 e. The van der Waals surface area contributed by atoms with Gasteiger partial charge in [-0.3, -0.25) is 4.90 Å². The average molecular weight is 426 g/mol. The van der Waals surface area contributed by atoms with Gasteiger partial charge in [0.25, 0.3) is 0 Å². The van der Waals surface area contributed by atoms with Crippen LogP contribution in [-0.2, 0) is 20.3 Å². The molecule has 4 rings (SSSR count). The van der Waals surface area contributed by atoms with Crippen molar-refractivity contribution in [1.29, 1.82) is 0 Å². The number of aromatic nitrogens is 3. The third kappa shape index (κ3) is 4.66.